The van der Waals surface area contributed by atoms with Gasteiger partial charge in [-0.05, 0) is 93.3 Å². The van der Waals surface area contributed by atoms with Crippen molar-refractivity contribution >= 4 is 35.4 Å². The number of carbonyl (C=O) groups excluding carboxylic acids is 3. The SMILES string of the molecule is Nc1cc(N)cc(C(=O)OCCCCCCOC(=O)C=Cc2ccc(OC(=O)C3CCC(C(F)(F)F)CC3)cc2)c1. The van der Waals surface area contributed by atoms with Gasteiger partial charge in [0.15, 0.2) is 0 Å². The molecule has 0 bridgehead atoms. The van der Waals surface area contributed by atoms with Gasteiger partial charge in [0, 0.05) is 17.5 Å². The van der Waals surface area contributed by atoms with Crippen LogP contribution in [0, 0.1) is 11.8 Å². The third kappa shape index (κ3) is 10.8. The molecule has 0 saturated heterocycles. The molecule has 222 valence electrons. The molecule has 0 spiro atoms. The number of carbonyl (C=O) groups is 3. The van der Waals surface area contributed by atoms with Crippen molar-refractivity contribution in [2.75, 3.05) is 24.7 Å². The van der Waals surface area contributed by atoms with E-state index in [1.165, 1.54) is 18.2 Å². The van der Waals surface area contributed by atoms with E-state index in [2.05, 4.69) is 0 Å². The number of benzene rings is 2. The van der Waals surface area contributed by atoms with Gasteiger partial charge in [-0.25, -0.2) is 9.59 Å². The quantitative estimate of drug-likeness (QED) is 0.102. The van der Waals surface area contributed by atoms with Gasteiger partial charge in [-0.3, -0.25) is 4.79 Å². The topological polar surface area (TPSA) is 131 Å². The van der Waals surface area contributed by atoms with E-state index in [1.54, 1.807) is 36.4 Å². The molecule has 2 aromatic carbocycles. The van der Waals surface area contributed by atoms with Crippen LogP contribution < -0.4 is 16.2 Å². The number of nitrogens with two attached hydrogens (primary N) is 2. The van der Waals surface area contributed by atoms with E-state index in [-0.39, 0.29) is 44.6 Å². The average molecular weight is 577 g/mol. The maximum Gasteiger partial charge on any atom is 0.391 e. The summed E-state index contributed by atoms with van der Waals surface area (Å²) in [6, 6.07) is 11.0. The van der Waals surface area contributed by atoms with Gasteiger partial charge in [0.2, 0.25) is 0 Å². The Morgan fingerprint density at radius 2 is 1.41 bits per heavy atom. The van der Waals surface area contributed by atoms with E-state index in [9.17, 15) is 27.6 Å². The minimum atomic E-state index is -4.22. The number of ether oxygens (including phenoxy) is 3. The Morgan fingerprint density at radius 1 is 0.829 bits per heavy atom. The van der Waals surface area contributed by atoms with Crippen molar-refractivity contribution in [3.8, 4) is 5.75 Å². The van der Waals surface area contributed by atoms with Crippen LogP contribution in [0.15, 0.2) is 48.5 Å². The highest BCUT2D eigenvalue weighted by Gasteiger charge is 2.42. The van der Waals surface area contributed by atoms with Crippen molar-refractivity contribution in [1.82, 2.24) is 0 Å². The largest absolute Gasteiger partial charge is 0.463 e. The zero-order chi connectivity index (χ0) is 29.8. The lowest BCUT2D eigenvalue weighted by atomic mass is 9.82. The van der Waals surface area contributed by atoms with Gasteiger partial charge >= 0.3 is 24.1 Å². The predicted octanol–water partition coefficient (Wildman–Crippen LogP) is 6.10. The molecule has 0 heterocycles. The second kappa shape index (κ2) is 15.1. The highest BCUT2D eigenvalue weighted by molar-refractivity contribution is 5.91. The minimum absolute atomic E-state index is 0.0669. The second-order valence-electron chi connectivity index (χ2n) is 10.0. The highest BCUT2D eigenvalue weighted by atomic mass is 19.4. The Labute approximate surface area is 236 Å². The van der Waals surface area contributed by atoms with Crippen LogP contribution in [0.25, 0.3) is 6.08 Å². The Morgan fingerprint density at radius 3 is 2.00 bits per heavy atom. The Kier molecular flexibility index (Phi) is 11.6. The van der Waals surface area contributed by atoms with Crippen LogP contribution in [0.5, 0.6) is 5.75 Å². The summed E-state index contributed by atoms with van der Waals surface area (Å²) in [6.45, 7) is 0.516. The molecule has 1 fully saturated rings. The van der Waals surface area contributed by atoms with Crippen molar-refractivity contribution < 1.29 is 41.8 Å². The first-order valence-electron chi connectivity index (χ1n) is 13.6. The zero-order valence-electron chi connectivity index (χ0n) is 22.7. The summed E-state index contributed by atoms with van der Waals surface area (Å²) < 4.78 is 54.2. The van der Waals surface area contributed by atoms with Crippen molar-refractivity contribution in [1.29, 1.82) is 0 Å². The molecule has 2 aromatic rings. The molecule has 0 unspecified atom stereocenters. The fourth-order valence-electron chi connectivity index (χ4n) is 4.49. The van der Waals surface area contributed by atoms with Gasteiger partial charge in [0.25, 0.3) is 0 Å². The van der Waals surface area contributed by atoms with Gasteiger partial charge in [0.1, 0.15) is 5.75 Å². The molecule has 4 N–H and O–H groups in total. The molecule has 1 aliphatic rings. The van der Waals surface area contributed by atoms with Gasteiger partial charge in [-0.15, -0.1) is 0 Å². The molecular weight excluding hydrogens is 541 g/mol. The number of esters is 3. The highest BCUT2D eigenvalue weighted by Crippen LogP contribution is 2.39. The van der Waals surface area contributed by atoms with Crippen molar-refractivity contribution in [2.45, 2.75) is 57.5 Å². The van der Waals surface area contributed by atoms with E-state index < -0.39 is 35.9 Å². The lowest BCUT2D eigenvalue weighted by molar-refractivity contribution is -0.185. The van der Waals surface area contributed by atoms with E-state index >= 15 is 0 Å². The standard InChI is InChI=1S/C30H35F3N2O6/c31-30(32,33)23-10-8-21(9-11-23)29(38)41-26-12-5-20(6-13-26)7-14-27(36)39-15-3-1-2-4-16-40-28(37)22-17-24(34)19-25(35)18-22/h5-7,12-14,17-19,21,23H,1-4,8-11,15-16,34-35H2. The summed E-state index contributed by atoms with van der Waals surface area (Å²) in [5.74, 6) is -3.11. The second-order valence-corrected chi connectivity index (χ2v) is 10.0. The first-order chi connectivity index (χ1) is 19.5. The van der Waals surface area contributed by atoms with Crippen molar-refractivity contribution in [3.05, 3.63) is 59.7 Å². The van der Waals surface area contributed by atoms with Crippen LogP contribution in [0.4, 0.5) is 24.5 Å². The van der Waals surface area contributed by atoms with E-state index in [1.807, 2.05) is 0 Å². The van der Waals surface area contributed by atoms with Crippen molar-refractivity contribution in [2.24, 2.45) is 11.8 Å². The van der Waals surface area contributed by atoms with Crippen LogP contribution in [0.3, 0.4) is 0 Å². The molecule has 0 atom stereocenters. The first-order valence-corrected chi connectivity index (χ1v) is 13.6. The van der Waals surface area contributed by atoms with Crippen LogP contribution in [-0.2, 0) is 19.1 Å². The first kappa shape index (κ1) is 31.5. The molecule has 0 amide bonds. The molecule has 8 nitrogen and oxygen atoms in total. The molecule has 0 radical (unpaired) electrons. The summed E-state index contributed by atoms with van der Waals surface area (Å²) in [4.78, 5) is 36.3. The number of rotatable bonds is 12. The lowest BCUT2D eigenvalue weighted by Crippen LogP contribution is -2.31. The average Bonchev–Trinajstić information content (AvgIpc) is 2.93. The van der Waals surface area contributed by atoms with Gasteiger partial charge in [0.05, 0.1) is 30.6 Å². The summed E-state index contributed by atoms with van der Waals surface area (Å²) in [5.41, 5.74) is 13.1. The lowest BCUT2D eigenvalue weighted by Gasteiger charge is -2.28. The summed E-state index contributed by atoms with van der Waals surface area (Å²) >= 11 is 0. The third-order valence-corrected chi connectivity index (χ3v) is 6.76. The molecular formula is C30H35F3N2O6. The number of hydrogen-bond acceptors (Lipinski definition) is 8. The predicted molar refractivity (Wildman–Crippen MR) is 148 cm³/mol. The van der Waals surface area contributed by atoms with Crippen LogP contribution in [0.2, 0.25) is 0 Å². The maximum atomic E-state index is 12.8. The molecule has 41 heavy (non-hydrogen) atoms. The van der Waals surface area contributed by atoms with E-state index in [0.717, 1.165) is 12.8 Å². The summed E-state index contributed by atoms with van der Waals surface area (Å²) in [6.07, 6.45) is 1.74. The molecule has 0 aliphatic heterocycles. The minimum Gasteiger partial charge on any atom is -0.463 e. The number of unbranched alkanes of at least 4 members (excludes halogenated alkanes) is 3. The van der Waals surface area contributed by atoms with Crippen LogP contribution in [-0.4, -0.2) is 37.3 Å². The number of halogens is 3. The number of nitrogen functional groups attached to an aromatic ring is 2. The number of alkyl halides is 3. The number of anilines is 2. The van der Waals surface area contributed by atoms with Gasteiger partial charge in [-0.2, -0.15) is 13.2 Å². The van der Waals surface area contributed by atoms with Gasteiger partial charge < -0.3 is 25.7 Å². The van der Waals surface area contributed by atoms with E-state index in [4.69, 9.17) is 25.7 Å². The van der Waals surface area contributed by atoms with Gasteiger partial charge in [-0.1, -0.05) is 12.1 Å². The fourth-order valence-corrected chi connectivity index (χ4v) is 4.49. The Balaban J connectivity index is 1.26. The van der Waals surface area contributed by atoms with Crippen molar-refractivity contribution in [3.63, 3.8) is 0 Å². The molecule has 11 heteroatoms. The maximum absolute atomic E-state index is 12.8. The molecule has 1 aliphatic carbocycles. The molecule has 3 rings (SSSR count). The molecule has 1 saturated carbocycles. The summed E-state index contributed by atoms with van der Waals surface area (Å²) in [7, 11) is 0. The van der Waals surface area contributed by atoms with E-state index in [0.29, 0.717) is 35.3 Å². The van der Waals surface area contributed by atoms with Crippen LogP contribution in [0.1, 0.15) is 67.3 Å². The summed E-state index contributed by atoms with van der Waals surface area (Å²) in [5, 5.41) is 0. The fraction of sp³-hybridized carbons (Fsp3) is 0.433. The number of hydrogen-bond donors (Lipinski definition) is 2. The third-order valence-electron chi connectivity index (χ3n) is 6.76. The zero-order valence-corrected chi connectivity index (χ0v) is 22.7. The Bertz CT molecular complexity index is 1190. The molecule has 0 aromatic heterocycles. The normalized spacial score (nSPS) is 17.2. The van der Waals surface area contributed by atoms with Crippen LogP contribution >= 0.6 is 0 Å². The monoisotopic (exact) mass is 576 g/mol. The smallest absolute Gasteiger partial charge is 0.391 e. The Hall–Kier alpha value is -4.02.